The third-order valence-electron chi connectivity index (χ3n) is 3.40. The van der Waals surface area contributed by atoms with Crippen LogP contribution in [0.1, 0.15) is 11.5 Å². The lowest BCUT2D eigenvalue weighted by Gasteiger charge is -2.27. The lowest BCUT2D eigenvalue weighted by atomic mass is 9.80. The van der Waals surface area contributed by atoms with Crippen molar-refractivity contribution in [2.45, 2.75) is 5.92 Å². The standard InChI is InChI=1S/C16H9BrN6/c17-11-3-1-2-9(4-11)14-12(7-20)15(10(5-18)6-19)23-16(22)13(14)8-21/h1-4,10,14,23H,22H2/t14-/m1/s1. The molecule has 0 spiro atoms. The lowest BCUT2D eigenvalue weighted by molar-refractivity contribution is 0.743. The Morgan fingerprint density at radius 1 is 1.09 bits per heavy atom. The maximum Gasteiger partial charge on any atom is 0.173 e. The van der Waals surface area contributed by atoms with Gasteiger partial charge < -0.3 is 11.1 Å². The average molecular weight is 365 g/mol. The fourth-order valence-electron chi connectivity index (χ4n) is 2.39. The van der Waals surface area contributed by atoms with Crippen LogP contribution in [0.5, 0.6) is 0 Å². The van der Waals surface area contributed by atoms with E-state index >= 15 is 0 Å². The van der Waals surface area contributed by atoms with Gasteiger partial charge in [0.1, 0.15) is 5.82 Å². The summed E-state index contributed by atoms with van der Waals surface area (Å²) in [6.45, 7) is 0. The number of hydrogen-bond acceptors (Lipinski definition) is 6. The Labute approximate surface area is 141 Å². The molecule has 0 radical (unpaired) electrons. The molecule has 1 heterocycles. The summed E-state index contributed by atoms with van der Waals surface area (Å²) in [6.07, 6.45) is 0. The molecule has 2 rings (SSSR count). The summed E-state index contributed by atoms with van der Waals surface area (Å²) < 4.78 is 0.778. The van der Waals surface area contributed by atoms with Crippen LogP contribution in [0.2, 0.25) is 0 Å². The van der Waals surface area contributed by atoms with Gasteiger partial charge in [0.05, 0.1) is 47.0 Å². The second-order valence-electron chi connectivity index (χ2n) is 4.68. The van der Waals surface area contributed by atoms with Gasteiger partial charge in [0.2, 0.25) is 0 Å². The normalized spacial score (nSPS) is 16.9. The minimum Gasteiger partial charge on any atom is -0.384 e. The van der Waals surface area contributed by atoms with Gasteiger partial charge in [-0.3, -0.25) is 0 Å². The highest BCUT2D eigenvalue weighted by atomic mass is 79.9. The van der Waals surface area contributed by atoms with Crippen LogP contribution < -0.4 is 11.1 Å². The van der Waals surface area contributed by atoms with E-state index < -0.39 is 11.8 Å². The molecule has 1 atom stereocenters. The Morgan fingerprint density at radius 3 is 2.26 bits per heavy atom. The molecular weight excluding hydrogens is 356 g/mol. The Hall–Kier alpha value is -3.26. The van der Waals surface area contributed by atoms with Crippen molar-refractivity contribution >= 4 is 15.9 Å². The SMILES string of the molecule is N#CC1=C(N)NC(C(C#N)C#N)=C(C#N)[C@H]1c1cccc(Br)c1. The van der Waals surface area contributed by atoms with E-state index in [1.807, 2.05) is 30.3 Å². The zero-order valence-electron chi connectivity index (χ0n) is 11.7. The summed E-state index contributed by atoms with van der Waals surface area (Å²) in [4.78, 5) is 0. The van der Waals surface area contributed by atoms with Gasteiger partial charge in [-0.2, -0.15) is 21.0 Å². The Balaban J connectivity index is 2.74. The molecule has 0 amide bonds. The summed E-state index contributed by atoms with van der Waals surface area (Å²) >= 11 is 3.35. The number of dihydropyridines is 1. The molecule has 0 bridgehead atoms. The van der Waals surface area contributed by atoms with Crippen LogP contribution in [0.4, 0.5) is 0 Å². The molecule has 3 N–H and O–H groups in total. The van der Waals surface area contributed by atoms with E-state index in [1.165, 1.54) is 0 Å². The zero-order chi connectivity index (χ0) is 17.0. The molecule has 7 heteroatoms. The van der Waals surface area contributed by atoms with Crippen molar-refractivity contribution in [1.82, 2.24) is 5.32 Å². The fraction of sp³-hybridized carbons (Fsp3) is 0.125. The van der Waals surface area contributed by atoms with Crippen LogP contribution in [0.15, 0.2) is 51.4 Å². The van der Waals surface area contributed by atoms with Crippen LogP contribution in [-0.2, 0) is 0 Å². The first-order valence-electron chi connectivity index (χ1n) is 6.43. The van der Waals surface area contributed by atoms with E-state index in [2.05, 4.69) is 21.2 Å². The molecule has 1 aromatic carbocycles. The van der Waals surface area contributed by atoms with E-state index in [-0.39, 0.29) is 22.7 Å². The predicted octanol–water partition coefficient (Wildman–Crippen LogP) is 2.27. The molecular formula is C16H9BrN6. The van der Waals surface area contributed by atoms with Crippen molar-refractivity contribution in [2.75, 3.05) is 0 Å². The van der Waals surface area contributed by atoms with Crippen LogP contribution in [-0.4, -0.2) is 0 Å². The smallest absolute Gasteiger partial charge is 0.173 e. The molecule has 0 aliphatic carbocycles. The third-order valence-corrected chi connectivity index (χ3v) is 3.89. The van der Waals surface area contributed by atoms with Crippen molar-refractivity contribution in [3.8, 4) is 24.3 Å². The third kappa shape index (κ3) is 2.87. The van der Waals surface area contributed by atoms with Crippen molar-refractivity contribution in [3.05, 3.63) is 57.0 Å². The average Bonchev–Trinajstić information content (AvgIpc) is 2.55. The molecule has 110 valence electrons. The molecule has 1 aromatic rings. The molecule has 1 aliphatic rings. The van der Waals surface area contributed by atoms with E-state index in [9.17, 15) is 10.5 Å². The summed E-state index contributed by atoms with van der Waals surface area (Å²) in [5.74, 6) is -1.84. The fourth-order valence-corrected chi connectivity index (χ4v) is 2.81. The van der Waals surface area contributed by atoms with Gasteiger partial charge in [-0.15, -0.1) is 0 Å². The van der Waals surface area contributed by atoms with Crippen molar-refractivity contribution in [1.29, 1.82) is 21.0 Å². The van der Waals surface area contributed by atoms with Crippen molar-refractivity contribution in [2.24, 2.45) is 11.7 Å². The first-order chi connectivity index (χ1) is 11.1. The van der Waals surface area contributed by atoms with E-state index in [0.29, 0.717) is 5.56 Å². The zero-order valence-corrected chi connectivity index (χ0v) is 13.3. The van der Waals surface area contributed by atoms with Gasteiger partial charge in [-0.25, -0.2) is 0 Å². The van der Waals surface area contributed by atoms with Crippen LogP contribution in [0.3, 0.4) is 0 Å². The van der Waals surface area contributed by atoms with Gasteiger partial charge in [-0.05, 0) is 17.7 Å². The molecule has 6 nitrogen and oxygen atoms in total. The summed E-state index contributed by atoms with van der Waals surface area (Å²) in [5.41, 5.74) is 7.00. The number of hydrogen-bond donors (Lipinski definition) is 2. The van der Waals surface area contributed by atoms with E-state index in [0.717, 1.165) is 4.47 Å². The molecule has 0 saturated heterocycles. The maximum absolute atomic E-state index is 9.55. The number of halogens is 1. The number of nitrogens with zero attached hydrogens (tertiary/aromatic N) is 4. The maximum atomic E-state index is 9.55. The predicted molar refractivity (Wildman–Crippen MR) is 84.2 cm³/mol. The Morgan fingerprint density at radius 2 is 1.74 bits per heavy atom. The number of nitrogens with one attached hydrogen (secondary N) is 1. The second-order valence-corrected chi connectivity index (χ2v) is 5.60. The first kappa shape index (κ1) is 16.1. The van der Waals surface area contributed by atoms with Crippen LogP contribution in [0.25, 0.3) is 0 Å². The highest BCUT2D eigenvalue weighted by Gasteiger charge is 2.34. The number of nitriles is 4. The molecule has 0 aromatic heterocycles. The highest BCUT2D eigenvalue weighted by molar-refractivity contribution is 9.10. The number of rotatable bonds is 2. The Kier molecular flexibility index (Phi) is 4.67. The number of benzene rings is 1. The Bertz CT molecular complexity index is 871. The van der Waals surface area contributed by atoms with Gasteiger partial charge in [0, 0.05) is 4.47 Å². The molecule has 23 heavy (non-hydrogen) atoms. The van der Waals surface area contributed by atoms with Gasteiger partial charge >= 0.3 is 0 Å². The molecule has 0 unspecified atom stereocenters. The quantitative estimate of drug-likeness (QED) is 0.826. The molecule has 0 fully saturated rings. The van der Waals surface area contributed by atoms with Crippen molar-refractivity contribution < 1.29 is 0 Å². The topological polar surface area (TPSA) is 133 Å². The molecule has 1 aliphatic heterocycles. The first-order valence-corrected chi connectivity index (χ1v) is 7.22. The second kappa shape index (κ2) is 6.67. The van der Waals surface area contributed by atoms with E-state index in [1.54, 1.807) is 18.2 Å². The number of allylic oxidation sites excluding steroid dienone is 3. The molecule has 0 saturated carbocycles. The lowest BCUT2D eigenvalue weighted by Crippen LogP contribution is -2.33. The van der Waals surface area contributed by atoms with Crippen molar-refractivity contribution in [3.63, 3.8) is 0 Å². The van der Waals surface area contributed by atoms with Gasteiger partial charge in [0.25, 0.3) is 0 Å². The summed E-state index contributed by atoms with van der Waals surface area (Å²) in [5, 5.41) is 39.9. The summed E-state index contributed by atoms with van der Waals surface area (Å²) in [7, 11) is 0. The number of nitrogens with two attached hydrogens (primary N) is 1. The van der Waals surface area contributed by atoms with Crippen LogP contribution in [0, 0.1) is 51.2 Å². The minimum atomic E-state index is -1.17. The summed E-state index contributed by atoms with van der Waals surface area (Å²) in [6, 6.07) is 14.8. The van der Waals surface area contributed by atoms with Gasteiger partial charge in [0.15, 0.2) is 5.92 Å². The minimum absolute atomic E-state index is 0.0435. The highest BCUT2D eigenvalue weighted by Crippen LogP contribution is 2.38. The van der Waals surface area contributed by atoms with Gasteiger partial charge in [-0.1, -0.05) is 28.1 Å². The largest absolute Gasteiger partial charge is 0.384 e. The van der Waals surface area contributed by atoms with E-state index in [4.69, 9.17) is 16.3 Å². The van der Waals surface area contributed by atoms with Crippen LogP contribution >= 0.6 is 15.9 Å². The monoisotopic (exact) mass is 364 g/mol.